The molecule has 0 saturated heterocycles. The van der Waals surface area contributed by atoms with Crippen molar-refractivity contribution in [1.29, 1.82) is 0 Å². The van der Waals surface area contributed by atoms with Crippen LogP contribution < -0.4 is 10.6 Å². The number of anilines is 2. The third kappa shape index (κ3) is 3.85. The number of rotatable bonds is 5. The first kappa shape index (κ1) is 15.6. The van der Waals surface area contributed by atoms with Crippen LogP contribution in [0.2, 0.25) is 10.0 Å². The fourth-order valence-corrected chi connectivity index (χ4v) is 2.23. The van der Waals surface area contributed by atoms with Gasteiger partial charge in [-0.3, -0.25) is 0 Å². The summed E-state index contributed by atoms with van der Waals surface area (Å²) in [5, 5.41) is 14.8. The summed E-state index contributed by atoms with van der Waals surface area (Å²) in [7, 11) is 0. The van der Waals surface area contributed by atoms with Gasteiger partial charge in [0.05, 0.1) is 22.3 Å². The molecular weight excluding hydrogens is 367 g/mol. The van der Waals surface area contributed by atoms with Crippen LogP contribution in [0.25, 0.3) is 0 Å². The summed E-state index contributed by atoms with van der Waals surface area (Å²) in [5.41, 5.74) is 0.604. The molecule has 2 rings (SSSR count). The number of benzene rings is 1. The Hall–Kier alpha value is -0.820. The van der Waals surface area contributed by atoms with Crippen molar-refractivity contribution in [3.8, 4) is 0 Å². The lowest BCUT2D eigenvalue weighted by Crippen LogP contribution is -2.21. The van der Waals surface area contributed by atoms with E-state index in [1.54, 1.807) is 12.1 Å². The van der Waals surface area contributed by atoms with Gasteiger partial charge in [0.15, 0.2) is 0 Å². The highest BCUT2D eigenvalue weighted by Gasteiger charge is 2.12. The summed E-state index contributed by atoms with van der Waals surface area (Å²) in [4.78, 5) is 0. The Kier molecular flexibility index (Phi) is 5.26. The Morgan fingerprint density at radius 2 is 2.00 bits per heavy atom. The minimum atomic E-state index is 0.269. The highest BCUT2D eigenvalue weighted by molar-refractivity contribution is 9.10. The molecule has 5 nitrogen and oxygen atoms in total. The maximum atomic E-state index is 6.13. The third-order valence-electron chi connectivity index (χ3n) is 2.41. The van der Waals surface area contributed by atoms with Crippen molar-refractivity contribution in [2.45, 2.75) is 26.4 Å². The molecular formula is C12H13BrCl2N4O. The van der Waals surface area contributed by atoms with Gasteiger partial charge in [-0.15, -0.1) is 5.10 Å². The van der Waals surface area contributed by atoms with E-state index in [9.17, 15) is 0 Å². The van der Waals surface area contributed by atoms with Crippen LogP contribution >= 0.6 is 39.1 Å². The number of hydrogen-bond acceptors (Lipinski definition) is 5. The minimum absolute atomic E-state index is 0.269. The predicted molar refractivity (Wildman–Crippen MR) is 83.7 cm³/mol. The topological polar surface area (TPSA) is 63.0 Å². The van der Waals surface area contributed by atoms with Crippen LogP contribution in [-0.4, -0.2) is 16.2 Å². The van der Waals surface area contributed by atoms with Crippen molar-refractivity contribution in [1.82, 2.24) is 15.5 Å². The number of halogens is 3. The van der Waals surface area contributed by atoms with Crippen LogP contribution in [0.5, 0.6) is 0 Å². The molecule has 0 aliphatic carbocycles. The van der Waals surface area contributed by atoms with Crippen molar-refractivity contribution in [3.63, 3.8) is 0 Å². The van der Waals surface area contributed by atoms with Gasteiger partial charge in [0.2, 0.25) is 5.89 Å². The first-order valence-electron chi connectivity index (χ1n) is 5.93. The molecule has 0 saturated carbocycles. The van der Waals surface area contributed by atoms with E-state index in [2.05, 4.69) is 36.8 Å². The molecule has 1 aromatic heterocycles. The van der Waals surface area contributed by atoms with Crippen molar-refractivity contribution < 1.29 is 4.42 Å². The maximum Gasteiger partial charge on any atom is 0.320 e. The zero-order chi connectivity index (χ0) is 14.7. The number of nitrogens with one attached hydrogen (secondary N) is 2. The number of aromatic nitrogens is 2. The van der Waals surface area contributed by atoms with Gasteiger partial charge in [-0.25, -0.2) is 0 Å². The second-order valence-electron chi connectivity index (χ2n) is 4.38. The fraction of sp³-hybridized carbons (Fsp3) is 0.333. The molecule has 2 aromatic rings. The Balaban J connectivity index is 2.09. The zero-order valence-corrected chi connectivity index (χ0v) is 14.0. The molecule has 20 heavy (non-hydrogen) atoms. The lowest BCUT2D eigenvalue weighted by molar-refractivity contribution is 0.460. The average Bonchev–Trinajstić information content (AvgIpc) is 2.85. The predicted octanol–water partition coefficient (Wildman–Crippen LogP) is 4.38. The SMILES string of the molecule is CC(C)NCc1nnc(Nc2ccc(Br)c(Cl)c2Cl)o1. The smallest absolute Gasteiger partial charge is 0.320 e. The standard InChI is InChI=1S/C12H13BrCl2N4O/c1-6(2)16-5-9-18-19-12(20-9)17-8-4-3-7(13)10(14)11(8)15/h3-4,6,16H,5H2,1-2H3,(H,17,19). The fourth-order valence-electron chi connectivity index (χ4n) is 1.40. The van der Waals surface area contributed by atoms with Crippen LogP contribution in [0.15, 0.2) is 21.0 Å². The van der Waals surface area contributed by atoms with Crippen molar-refractivity contribution in [2.75, 3.05) is 5.32 Å². The summed E-state index contributed by atoms with van der Waals surface area (Å²) < 4.78 is 6.18. The molecule has 0 unspecified atom stereocenters. The van der Waals surface area contributed by atoms with Gasteiger partial charge in [-0.1, -0.05) is 42.1 Å². The molecule has 0 radical (unpaired) electrons. The summed E-state index contributed by atoms with van der Waals surface area (Å²) in [6.07, 6.45) is 0. The molecule has 0 spiro atoms. The second-order valence-corrected chi connectivity index (χ2v) is 5.99. The Morgan fingerprint density at radius 3 is 2.70 bits per heavy atom. The normalized spacial score (nSPS) is 11.1. The van der Waals surface area contributed by atoms with Gasteiger partial charge in [-0.2, -0.15) is 0 Å². The molecule has 0 bridgehead atoms. The third-order valence-corrected chi connectivity index (χ3v) is 4.18. The van der Waals surface area contributed by atoms with Crippen molar-refractivity contribution >= 4 is 50.8 Å². The summed E-state index contributed by atoms with van der Waals surface area (Å²) in [6.45, 7) is 4.60. The van der Waals surface area contributed by atoms with Gasteiger partial charge in [-0.05, 0) is 28.1 Å². The summed E-state index contributed by atoms with van der Waals surface area (Å²) in [5.74, 6) is 0.500. The van der Waals surface area contributed by atoms with Gasteiger partial charge in [0.25, 0.3) is 0 Å². The quantitative estimate of drug-likeness (QED) is 0.754. The van der Waals surface area contributed by atoms with Crippen LogP contribution in [0.3, 0.4) is 0 Å². The highest BCUT2D eigenvalue weighted by atomic mass is 79.9. The highest BCUT2D eigenvalue weighted by Crippen LogP contribution is 2.36. The second kappa shape index (κ2) is 6.76. The lowest BCUT2D eigenvalue weighted by atomic mass is 10.3. The molecule has 0 aliphatic rings. The van der Waals surface area contributed by atoms with Crippen molar-refractivity contribution in [2.24, 2.45) is 0 Å². The summed E-state index contributed by atoms with van der Waals surface area (Å²) >= 11 is 15.5. The van der Waals surface area contributed by atoms with E-state index in [-0.39, 0.29) is 6.01 Å². The molecule has 0 aliphatic heterocycles. The van der Waals surface area contributed by atoms with Crippen molar-refractivity contribution in [3.05, 3.63) is 32.5 Å². The van der Waals surface area contributed by atoms with Crippen LogP contribution in [0, 0.1) is 0 Å². The Bertz CT molecular complexity index is 603. The molecule has 1 aromatic carbocycles. The molecule has 8 heteroatoms. The molecule has 0 atom stereocenters. The molecule has 108 valence electrons. The first-order chi connectivity index (χ1) is 9.47. The maximum absolute atomic E-state index is 6.13. The first-order valence-corrected chi connectivity index (χ1v) is 7.48. The minimum Gasteiger partial charge on any atom is -0.406 e. The van der Waals surface area contributed by atoms with Crippen LogP contribution in [0.1, 0.15) is 19.7 Å². The van der Waals surface area contributed by atoms with E-state index in [1.165, 1.54) is 0 Å². The molecule has 0 amide bonds. The van der Waals surface area contributed by atoms with E-state index >= 15 is 0 Å². The van der Waals surface area contributed by atoms with E-state index < -0.39 is 0 Å². The molecule has 1 heterocycles. The van der Waals surface area contributed by atoms with E-state index in [1.807, 2.05) is 13.8 Å². The molecule has 0 fully saturated rings. The zero-order valence-electron chi connectivity index (χ0n) is 10.9. The number of nitrogens with zero attached hydrogens (tertiary/aromatic N) is 2. The van der Waals surface area contributed by atoms with Gasteiger partial charge in [0.1, 0.15) is 0 Å². The Morgan fingerprint density at radius 1 is 1.25 bits per heavy atom. The van der Waals surface area contributed by atoms with E-state index in [0.717, 1.165) is 4.47 Å². The number of hydrogen-bond donors (Lipinski definition) is 2. The van der Waals surface area contributed by atoms with Crippen LogP contribution in [-0.2, 0) is 6.54 Å². The summed E-state index contributed by atoms with van der Waals surface area (Å²) in [6, 6.07) is 4.17. The molecule has 2 N–H and O–H groups in total. The monoisotopic (exact) mass is 378 g/mol. The van der Waals surface area contributed by atoms with Gasteiger partial charge in [0, 0.05) is 10.5 Å². The van der Waals surface area contributed by atoms with Gasteiger partial charge < -0.3 is 15.1 Å². The lowest BCUT2D eigenvalue weighted by Gasteiger charge is -2.07. The van der Waals surface area contributed by atoms with E-state index in [4.69, 9.17) is 27.6 Å². The largest absolute Gasteiger partial charge is 0.406 e. The Labute approximate surface area is 135 Å². The van der Waals surface area contributed by atoms with E-state index in [0.29, 0.717) is 34.2 Å². The average molecular weight is 380 g/mol. The van der Waals surface area contributed by atoms with Gasteiger partial charge >= 0.3 is 6.01 Å². The van der Waals surface area contributed by atoms with Crippen LogP contribution in [0.4, 0.5) is 11.7 Å².